The summed E-state index contributed by atoms with van der Waals surface area (Å²) in [5.41, 5.74) is 20.2. The first-order valence-electron chi connectivity index (χ1n) is 17.8. The molecule has 3 aromatic rings. The molecule has 0 fully saturated rings. The Bertz CT molecular complexity index is 1920. The molecule has 1 aromatic heterocycles. The molecule has 0 aliphatic carbocycles. The fraction of sp³-hybridized carbons (Fsp3) is 0.432. The maximum atomic E-state index is 14.4. The lowest BCUT2D eigenvalue weighted by Crippen LogP contribution is -2.56. The average Bonchev–Trinajstić information content (AvgIpc) is 3.51. The van der Waals surface area contributed by atoms with E-state index in [-0.39, 0.29) is 57.9 Å². The summed E-state index contributed by atoms with van der Waals surface area (Å²) in [6.07, 6.45) is 0.0545. The minimum Gasteiger partial charge on any atom is -0.492 e. The van der Waals surface area contributed by atoms with Gasteiger partial charge in [0.15, 0.2) is 0 Å². The summed E-state index contributed by atoms with van der Waals surface area (Å²) in [5.74, 6) is -2.46. The number of ether oxygens (including phenoxy) is 2. The van der Waals surface area contributed by atoms with Gasteiger partial charge in [-0.05, 0) is 68.3 Å². The van der Waals surface area contributed by atoms with Crippen LogP contribution in [0.4, 0.5) is 0 Å². The monoisotopic (exact) mass is 759 g/mol. The second-order valence-corrected chi connectivity index (χ2v) is 13.0. The van der Waals surface area contributed by atoms with Gasteiger partial charge >= 0.3 is 0 Å². The molecular formula is C37H49N11O7. The number of hydrogen-bond donors (Lipinski definition) is 7. The summed E-state index contributed by atoms with van der Waals surface area (Å²) in [5, 5.41) is 23.9. The molecule has 10 N–H and O–H groups in total. The van der Waals surface area contributed by atoms with Gasteiger partial charge in [-0.25, -0.2) is 0 Å². The first kappa shape index (κ1) is 41.7. The van der Waals surface area contributed by atoms with E-state index in [0.29, 0.717) is 39.4 Å². The molecule has 18 nitrogen and oxygen atoms in total. The molecule has 0 saturated carbocycles. The van der Waals surface area contributed by atoms with Crippen LogP contribution in [0.2, 0.25) is 0 Å². The van der Waals surface area contributed by atoms with E-state index in [0.717, 1.165) is 0 Å². The number of carbonyl (C=O) groups is 5. The molecule has 0 unspecified atom stereocenters. The summed E-state index contributed by atoms with van der Waals surface area (Å²) in [6.45, 7) is 3.62. The van der Waals surface area contributed by atoms with Gasteiger partial charge in [0.25, 0.3) is 5.91 Å². The Hall–Kier alpha value is -6.03. The lowest BCUT2D eigenvalue weighted by molar-refractivity contribution is -0.141. The molecule has 55 heavy (non-hydrogen) atoms. The van der Waals surface area contributed by atoms with Gasteiger partial charge in [0, 0.05) is 44.7 Å². The molecular weight excluding hydrogens is 710 g/mol. The van der Waals surface area contributed by atoms with E-state index in [9.17, 15) is 24.0 Å². The lowest BCUT2D eigenvalue weighted by Gasteiger charge is -2.32. The van der Waals surface area contributed by atoms with Gasteiger partial charge in [0.1, 0.15) is 61.1 Å². The van der Waals surface area contributed by atoms with Crippen LogP contribution in [-0.2, 0) is 32.6 Å². The first-order valence-corrected chi connectivity index (χ1v) is 17.8. The van der Waals surface area contributed by atoms with Gasteiger partial charge in [-0.15, -0.1) is 0 Å². The number of rotatable bonds is 14. The quantitative estimate of drug-likeness (QED) is 0.0966. The number of nitrogens with zero attached hydrogens (tertiary/aromatic N) is 4. The number of fused-ring (bicyclic) bond motifs is 5. The van der Waals surface area contributed by atoms with Crippen LogP contribution >= 0.6 is 0 Å². The van der Waals surface area contributed by atoms with Crippen molar-refractivity contribution in [3.8, 4) is 28.7 Å². The molecule has 1 aliphatic heterocycles. The number of likely N-dealkylation sites (N-methyl/N-ethyl adjacent to an activating group) is 1. The Kier molecular flexibility index (Phi) is 14.7. The third-order valence-electron chi connectivity index (χ3n) is 8.85. The Labute approximate surface area is 319 Å². The summed E-state index contributed by atoms with van der Waals surface area (Å²) < 4.78 is 13.5. The van der Waals surface area contributed by atoms with Crippen LogP contribution in [0.5, 0.6) is 11.5 Å². The molecule has 0 radical (unpaired) electrons. The van der Waals surface area contributed by atoms with Crippen LogP contribution in [0.25, 0.3) is 11.1 Å². The van der Waals surface area contributed by atoms with Gasteiger partial charge in [0.2, 0.25) is 23.6 Å². The third kappa shape index (κ3) is 10.3. The second kappa shape index (κ2) is 19.3. The molecule has 4 rings (SSSR count). The Morgan fingerprint density at radius 3 is 2.25 bits per heavy atom. The van der Waals surface area contributed by atoms with Crippen molar-refractivity contribution in [2.45, 2.75) is 50.9 Å². The van der Waals surface area contributed by atoms with E-state index in [1.807, 2.05) is 6.07 Å². The largest absolute Gasteiger partial charge is 0.492 e. The zero-order chi connectivity index (χ0) is 40.2. The highest BCUT2D eigenvalue weighted by atomic mass is 16.5. The summed E-state index contributed by atoms with van der Waals surface area (Å²) in [7, 11) is 3.01. The molecule has 2 heterocycles. The van der Waals surface area contributed by atoms with Crippen molar-refractivity contribution < 1.29 is 33.4 Å². The highest BCUT2D eigenvalue weighted by molar-refractivity contribution is 5.98. The van der Waals surface area contributed by atoms with E-state index in [1.165, 1.54) is 23.6 Å². The van der Waals surface area contributed by atoms with Crippen LogP contribution in [0.1, 0.15) is 46.7 Å². The van der Waals surface area contributed by atoms with Gasteiger partial charge in [-0.1, -0.05) is 12.1 Å². The number of carbonyl (C=O) groups excluding carboxylic acids is 5. The zero-order valence-electron chi connectivity index (χ0n) is 31.4. The van der Waals surface area contributed by atoms with Crippen molar-refractivity contribution in [2.75, 3.05) is 46.4 Å². The van der Waals surface area contributed by atoms with Crippen molar-refractivity contribution in [3.05, 3.63) is 65.0 Å². The molecule has 0 spiro atoms. The van der Waals surface area contributed by atoms with Crippen molar-refractivity contribution in [1.82, 2.24) is 35.9 Å². The summed E-state index contributed by atoms with van der Waals surface area (Å²) >= 11 is 0. The van der Waals surface area contributed by atoms with Crippen LogP contribution in [0.15, 0.2) is 42.5 Å². The third-order valence-corrected chi connectivity index (χ3v) is 8.85. The molecule has 18 heteroatoms. The normalized spacial score (nSPS) is 17.4. The highest BCUT2D eigenvalue weighted by Crippen LogP contribution is 2.40. The van der Waals surface area contributed by atoms with Gasteiger partial charge in [-0.2, -0.15) is 10.4 Å². The Balaban J connectivity index is 1.89. The van der Waals surface area contributed by atoms with E-state index in [1.54, 1.807) is 56.4 Å². The molecule has 294 valence electrons. The predicted molar refractivity (Wildman–Crippen MR) is 201 cm³/mol. The molecule has 4 bridgehead atoms. The number of hydrogen-bond acceptors (Lipinski definition) is 12. The number of nitrogens with one attached hydrogen (secondary N) is 4. The van der Waals surface area contributed by atoms with Crippen molar-refractivity contribution in [2.24, 2.45) is 24.2 Å². The maximum absolute atomic E-state index is 14.4. The zero-order valence-corrected chi connectivity index (χ0v) is 31.4. The SMILES string of the molecule is Cc1cc(C(=O)N[C@@H](CCN)C(=O)N(C)[C@@H]2C(=O)N[C@@H](C)C(=O)N[C@H](C(=O)NCC#N)Cc3ccc(OCCN)c(c3)-c3cc2ccc3OCCN)n(C)n1. The molecule has 1 aliphatic rings. The maximum Gasteiger partial charge on any atom is 0.270 e. The Morgan fingerprint density at radius 2 is 1.65 bits per heavy atom. The minimum absolute atomic E-state index is 0.0129. The lowest BCUT2D eigenvalue weighted by atomic mass is 9.93. The van der Waals surface area contributed by atoms with E-state index < -0.39 is 53.7 Å². The molecule has 0 saturated heterocycles. The number of nitrogens with two attached hydrogens (primary N) is 3. The van der Waals surface area contributed by atoms with Crippen LogP contribution in [-0.4, -0.2) is 109 Å². The molecule has 5 amide bonds. The number of nitriles is 1. The van der Waals surface area contributed by atoms with Crippen molar-refractivity contribution >= 4 is 29.5 Å². The van der Waals surface area contributed by atoms with Crippen LogP contribution in [0, 0.1) is 18.3 Å². The summed E-state index contributed by atoms with van der Waals surface area (Å²) in [4.78, 5) is 69.9. The number of amides is 5. The molecule has 2 aromatic carbocycles. The van der Waals surface area contributed by atoms with Crippen LogP contribution < -0.4 is 47.9 Å². The average molecular weight is 760 g/mol. The number of aromatic nitrogens is 2. The topological polar surface area (TPSA) is 275 Å². The Morgan fingerprint density at radius 1 is 1.00 bits per heavy atom. The van der Waals surface area contributed by atoms with Gasteiger partial charge in [-0.3, -0.25) is 28.7 Å². The number of aryl methyl sites for hydroxylation is 2. The smallest absolute Gasteiger partial charge is 0.270 e. The van der Waals surface area contributed by atoms with Crippen LogP contribution in [0.3, 0.4) is 0 Å². The molecule has 4 atom stereocenters. The second-order valence-electron chi connectivity index (χ2n) is 13.0. The first-order chi connectivity index (χ1) is 26.3. The fourth-order valence-corrected chi connectivity index (χ4v) is 6.18. The van der Waals surface area contributed by atoms with Crippen molar-refractivity contribution in [1.29, 1.82) is 5.26 Å². The van der Waals surface area contributed by atoms with Gasteiger partial charge in [0.05, 0.1) is 11.8 Å². The van der Waals surface area contributed by atoms with Crippen molar-refractivity contribution in [3.63, 3.8) is 0 Å². The minimum atomic E-state index is -1.37. The fourth-order valence-electron chi connectivity index (χ4n) is 6.18. The predicted octanol–water partition coefficient (Wildman–Crippen LogP) is -1.10. The van der Waals surface area contributed by atoms with E-state index in [4.69, 9.17) is 31.9 Å². The van der Waals surface area contributed by atoms with E-state index >= 15 is 0 Å². The van der Waals surface area contributed by atoms with E-state index in [2.05, 4.69) is 26.4 Å². The number of benzene rings is 2. The standard InChI is InChI=1S/C37H49N11O7/c1-21-17-29(48(4)46-21)35(51)44-27(9-10-38)37(53)47(3)32-24-6-8-31(55-16-13-41)26(20-24)25-18-23(5-7-30(25)54-15-12-40)19-28(34(50)42-14-11-39)45-33(49)22(2)43-36(32)52/h5-8,17-18,20,22,27-28,32H,9-10,12-16,19,38,40-41H2,1-4H3,(H,42,50)(H,43,52)(H,44,51)(H,45,49)/t22-,27-,28-,32-/m0/s1. The van der Waals surface area contributed by atoms with Gasteiger partial charge < -0.3 is 52.8 Å². The highest BCUT2D eigenvalue weighted by Gasteiger charge is 2.36. The summed E-state index contributed by atoms with van der Waals surface area (Å²) in [6, 6.07) is 8.73.